The molecule has 242 valence electrons. The highest BCUT2D eigenvalue weighted by Gasteiger charge is 2.34. The van der Waals surface area contributed by atoms with Gasteiger partial charge in [0.2, 0.25) is 0 Å². The van der Waals surface area contributed by atoms with Crippen LogP contribution in [-0.2, 0) is 6.18 Å². The molecule has 0 aliphatic heterocycles. The van der Waals surface area contributed by atoms with Crippen LogP contribution in [0.1, 0.15) is 16.7 Å². The second-order valence-corrected chi connectivity index (χ2v) is 12.9. The molecule has 3 aromatic heterocycles. The molecule has 9 rings (SSSR count). The Bertz CT molecular complexity index is 2630. The Morgan fingerprint density at radius 2 is 0.940 bits per heavy atom. The molecule has 0 radical (unpaired) electrons. The number of aromatic nitrogens is 3. The average Bonchev–Trinajstić information content (AvgIpc) is 3.62. The van der Waals surface area contributed by atoms with Gasteiger partial charge in [0.25, 0.3) is 0 Å². The number of benzene rings is 6. The summed E-state index contributed by atoms with van der Waals surface area (Å²) >= 11 is 0. The zero-order valence-corrected chi connectivity index (χ0v) is 27.3. The van der Waals surface area contributed by atoms with E-state index in [1.165, 1.54) is 12.1 Å². The molecule has 0 unspecified atom stereocenters. The molecule has 0 aliphatic carbocycles. The van der Waals surface area contributed by atoms with Gasteiger partial charge in [-0.2, -0.15) is 13.2 Å². The van der Waals surface area contributed by atoms with Crippen molar-refractivity contribution in [2.24, 2.45) is 0 Å². The first-order valence-electron chi connectivity index (χ1n) is 16.5. The van der Waals surface area contributed by atoms with Crippen molar-refractivity contribution >= 4 is 43.6 Å². The number of para-hydroxylation sites is 2. The molecule has 6 aromatic carbocycles. The molecule has 0 spiro atoms. The minimum atomic E-state index is -4.62. The van der Waals surface area contributed by atoms with E-state index in [-0.39, 0.29) is 0 Å². The highest BCUT2D eigenvalue weighted by atomic mass is 19.4. The maximum atomic E-state index is 15.2. The fraction of sp³-hybridized carbons (Fsp3) is 0.0682. The van der Waals surface area contributed by atoms with Gasteiger partial charge in [-0.1, -0.05) is 97.1 Å². The summed E-state index contributed by atoms with van der Waals surface area (Å²) in [4.78, 5) is 5.19. The predicted octanol–water partition coefficient (Wildman–Crippen LogP) is 12.2. The molecule has 0 amide bonds. The van der Waals surface area contributed by atoms with Crippen molar-refractivity contribution < 1.29 is 13.2 Å². The van der Waals surface area contributed by atoms with Crippen LogP contribution in [0, 0.1) is 13.8 Å². The molecule has 0 atom stereocenters. The van der Waals surface area contributed by atoms with Crippen LogP contribution in [0.4, 0.5) is 13.2 Å². The number of rotatable bonds is 4. The summed E-state index contributed by atoms with van der Waals surface area (Å²) < 4.78 is 49.6. The first-order chi connectivity index (χ1) is 24.3. The summed E-state index contributed by atoms with van der Waals surface area (Å²) in [7, 11) is 0. The fourth-order valence-corrected chi connectivity index (χ4v) is 7.41. The number of nitrogens with zero attached hydrogens (tertiary/aromatic N) is 3. The Balaban J connectivity index is 1.51. The number of hydrogen-bond donors (Lipinski definition) is 0. The lowest BCUT2D eigenvalue weighted by atomic mass is 10.00. The lowest BCUT2D eigenvalue weighted by Crippen LogP contribution is -2.11. The van der Waals surface area contributed by atoms with Gasteiger partial charge in [0.15, 0.2) is 0 Å². The van der Waals surface area contributed by atoms with Gasteiger partial charge in [0.05, 0.1) is 50.4 Å². The normalized spacial score (nSPS) is 12.1. The number of fused-ring (bicyclic) bond motifs is 6. The number of halogens is 3. The Labute approximate surface area is 286 Å². The van der Waals surface area contributed by atoms with E-state index in [0.29, 0.717) is 22.6 Å². The molecule has 0 saturated carbocycles. The van der Waals surface area contributed by atoms with E-state index >= 15 is 13.2 Å². The van der Waals surface area contributed by atoms with Crippen molar-refractivity contribution in [1.82, 2.24) is 14.1 Å². The maximum absolute atomic E-state index is 15.2. The van der Waals surface area contributed by atoms with Crippen LogP contribution in [-0.4, -0.2) is 14.1 Å². The third-order valence-electron chi connectivity index (χ3n) is 9.64. The van der Waals surface area contributed by atoms with Gasteiger partial charge in [-0.05, 0) is 73.5 Å². The van der Waals surface area contributed by atoms with Gasteiger partial charge < -0.3 is 9.13 Å². The van der Waals surface area contributed by atoms with Crippen molar-refractivity contribution in [2.75, 3.05) is 0 Å². The molecular formula is C44H30F3N3. The largest absolute Gasteiger partial charge is 0.416 e. The Kier molecular flexibility index (Phi) is 6.71. The SMILES string of the molecule is Cc1ccc2c3ccccc3n(-c3cc(C(F)(F)F)cc(-n4c5ccccc5c5ccc(C)cc54)c3-c3cccc(-c4ccccc4)n3)c2c1. The summed E-state index contributed by atoms with van der Waals surface area (Å²) in [5, 5.41) is 3.86. The van der Waals surface area contributed by atoms with Crippen molar-refractivity contribution in [3.63, 3.8) is 0 Å². The standard InChI is InChI=1S/C44H30F3N3/c1-27-19-21-33-31-13-6-8-17-37(31)49(39(33)23-27)41-25-30(44(45,46)47)26-42(43(41)36-16-10-15-35(48-36)29-11-4-3-5-12-29)50-38-18-9-7-14-32(38)34-22-20-28(2)24-40(34)50/h3-26H,1-2H3. The summed E-state index contributed by atoms with van der Waals surface area (Å²) in [6.07, 6.45) is -4.62. The van der Waals surface area contributed by atoms with E-state index in [1.807, 2.05) is 132 Å². The van der Waals surface area contributed by atoms with Gasteiger partial charge in [0, 0.05) is 32.7 Å². The van der Waals surface area contributed by atoms with E-state index in [9.17, 15) is 0 Å². The first-order valence-corrected chi connectivity index (χ1v) is 16.5. The second kappa shape index (κ2) is 11.2. The first kappa shape index (κ1) is 30.0. The smallest absolute Gasteiger partial charge is 0.308 e. The molecule has 6 heteroatoms. The lowest BCUT2D eigenvalue weighted by molar-refractivity contribution is -0.137. The number of pyridine rings is 1. The molecule has 3 heterocycles. The molecule has 0 bridgehead atoms. The molecule has 9 aromatic rings. The molecule has 50 heavy (non-hydrogen) atoms. The Morgan fingerprint density at radius 3 is 1.48 bits per heavy atom. The minimum Gasteiger partial charge on any atom is -0.308 e. The summed E-state index contributed by atoms with van der Waals surface area (Å²) in [5.41, 5.74) is 8.22. The van der Waals surface area contributed by atoms with Gasteiger partial charge >= 0.3 is 6.18 Å². The summed E-state index contributed by atoms with van der Waals surface area (Å²) in [5.74, 6) is 0. The monoisotopic (exact) mass is 657 g/mol. The summed E-state index contributed by atoms with van der Waals surface area (Å²) in [6, 6.07) is 46.3. The van der Waals surface area contributed by atoms with E-state index < -0.39 is 11.7 Å². The van der Waals surface area contributed by atoms with E-state index in [1.54, 1.807) is 0 Å². The van der Waals surface area contributed by atoms with Gasteiger partial charge in [0.1, 0.15) is 0 Å². The van der Waals surface area contributed by atoms with Crippen molar-refractivity contribution in [1.29, 1.82) is 0 Å². The Morgan fingerprint density at radius 1 is 0.460 bits per heavy atom. The topological polar surface area (TPSA) is 22.8 Å². The van der Waals surface area contributed by atoms with Gasteiger partial charge in [-0.15, -0.1) is 0 Å². The molecule has 0 aliphatic rings. The summed E-state index contributed by atoms with van der Waals surface area (Å²) in [6.45, 7) is 4.01. The average molecular weight is 658 g/mol. The second-order valence-electron chi connectivity index (χ2n) is 12.9. The predicted molar refractivity (Wildman–Crippen MR) is 198 cm³/mol. The van der Waals surface area contributed by atoms with Crippen LogP contribution in [0.25, 0.3) is 77.5 Å². The lowest BCUT2D eigenvalue weighted by Gasteiger charge is -2.22. The quantitative estimate of drug-likeness (QED) is 0.185. The zero-order chi connectivity index (χ0) is 34.1. The minimum absolute atomic E-state index is 0.405. The zero-order valence-electron chi connectivity index (χ0n) is 27.3. The van der Waals surface area contributed by atoms with E-state index in [0.717, 1.165) is 66.0 Å². The van der Waals surface area contributed by atoms with Crippen molar-refractivity contribution in [3.05, 3.63) is 162 Å². The number of alkyl halides is 3. The van der Waals surface area contributed by atoms with Crippen LogP contribution in [0.3, 0.4) is 0 Å². The molecular weight excluding hydrogens is 627 g/mol. The van der Waals surface area contributed by atoms with E-state index in [2.05, 4.69) is 24.3 Å². The highest BCUT2D eigenvalue weighted by Crippen LogP contribution is 2.45. The van der Waals surface area contributed by atoms with E-state index in [4.69, 9.17) is 4.98 Å². The van der Waals surface area contributed by atoms with Crippen LogP contribution >= 0.6 is 0 Å². The third kappa shape index (κ3) is 4.71. The van der Waals surface area contributed by atoms with Crippen molar-refractivity contribution in [2.45, 2.75) is 20.0 Å². The molecule has 0 N–H and O–H groups in total. The van der Waals surface area contributed by atoms with Gasteiger partial charge in [-0.3, -0.25) is 0 Å². The van der Waals surface area contributed by atoms with Crippen molar-refractivity contribution in [3.8, 4) is 33.9 Å². The molecule has 0 fully saturated rings. The van der Waals surface area contributed by atoms with Crippen LogP contribution < -0.4 is 0 Å². The third-order valence-corrected chi connectivity index (χ3v) is 9.64. The molecule has 3 nitrogen and oxygen atoms in total. The van der Waals surface area contributed by atoms with Crippen LogP contribution in [0.5, 0.6) is 0 Å². The van der Waals surface area contributed by atoms with Gasteiger partial charge in [-0.25, -0.2) is 4.98 Å². The number of aryl methyl sites for hydroxylation is 2. The van der Waals surface area contributed by atoms with Crippen LogP contribution in [0.15, 0.2) is 146 Å². The molecule has 0 saturated heterocycles. The Hall–Kier alpha value is -6.14. The fourth-order valence-electron chi connectivity index (χ4n) is 7.41. The maximum Gasteiger partial charge on any atom is 0.416 e. The number of hydrogen-bond acceptors (Lipinski definition) is 1. The highest BCUT2D eigenvalue weighted by molar-refractivity contribution is 6.12. The van der Waals surface area contributed by atoms with Crippen LogP contribution in [0.2, 0.25) is 0 Å².